The fraction of sp³-hybridized carbons (Fsp3) is 0.200. The molecule has 2 aromatic rings. The number of aliphatic hydroxyl groups excluding tert-OH is 1. The summed E-state index contributed by atoms with van der Waals surface area (Å²) < 4.78 is 13.3. The fourth-order valence-corrected chi connectivity index (χ4v) is 2.03. The van der Waals surface area contributed by atoms with Crippen LogP contribution in [0.15, 0.2) is 42.5 Å². The third-order valence-electron chi connectivity index (χ3n) is 2.99. The van der Waals surface area contributed by atoms with Crippen molar-refractivity contribution in [2.45, 2.75) is 19.7 Å². The number of benzene rings is 2. The molecule has 2 rings (SSSR count). The lowest BCUT2D eigenvalue weighted by Gasteiger charge is -2.07. The van der Waals surface area contributed by atoms with Gasteiger partial charge in [0.05, 0.1) is 17.6 Å². The summed E-state index contributed by atoms with van der Waals surface area (Å²) in [6.07, 6.45) is 0. The molecule has 21 heavy (non-hydrogen) atoms. The van der Waals surface area contributed by atoms with Crippen molar-refractivity contribution in [3.8, 4) is 0 Å². The lowest BCUT2D eigenvalue weighted by molar-refractivity contribution is -0.385. The second-order valence-electron chi connectivity index (χ2n) is 4.66. The van der Waals surface area contributed by atoms with Crippen LogP contribution in [-0.4, -0.2) is 10.0 Å². The Morgan fingerprint density at radius 1 is 1.10 bits per heavy atom. The molecule has 0 aliphatic carbocycles. The number of non-ortho nitro benzene ring substituents is 1. The Balaban J connectivity index is 1.98. The number of nitro benzene ring substituents is 1. The molecule has 0 aliphatic rings. The minimum atomic E-state index is -0.622. The largest absolute Gasteiger partial charge is 0.392 e. The van der Waals surface area contributed by atoms with E-state index in [4.69, 9.17) is 5.11 Å². The maximum absolute atomic E-state index is 13.3. The van der Waals surface area contributed by atoms with Gasteiger partial charge in [0.1, 0.15) is 5.82 Å². The molecule has 0 saturated carbocycles. The predicted molar refractivity (Wildman–Crippen MR) is 76.0 cm³/mol. The first kappa shape index (κ1) is 15.1. The highest BCUT2D eigenvalue weighted by Crippen LogP contribution is 2.16. The molecular weight excluding hydrogens is 275 g/mol. The smallest absolute Gasteiger partial charge is 0.272 e. The normalized spacial score (nSPS) is 10.6. The van der Waals surface area contributed by atoms with Gasteiger partial charge in [0, 0.05) is 19.2 Å². The first-order valence-electron chi connectivity index (χ1n) is 6.42. The molecule has 5 nitrogen and oxygen atoms in total. The van der Waals surface area contributed by atoms with Crippen molar-refractivity contribution < 1.29 is 14.4 Å². The number of hydrogen-bond donors (Lipinski definition) is 2. The highest BCUT2D eigenvalue weighted by atomic mass is 19.1. The first-order valence-corrected chi connectivity index (χ1v) is 6.42. The summed E-state index contributed by atoms with van der Waals surface area (Å²) in [6.45, 7) is 0.823. The van der Waals surface area contributed by atoms with Crippen molar-refractivity contribution in [3.63, 3.8) is 0 Å². The molecule has 0 amide bonds. The van der Waals surface area contributed by atoms with Crippen molar-refractivity contribution in [2.75, 3.05) is 0 Å². The van der Waals surface area contributed by atoms with Crippen LogP contribution >= 0.6 is 0 Å². The van der Waals surface area contributed by atoms with E-state index in [1.807, 2.05) is 24.3 Å². The maximum atomic E-state index is 13.3. The number of nitrogens with one attached hydrogen (secondary N) is 1. The predicted octanol–water partition coefficient (Wildman–Crippen LogP) is 2.52. The topological polar surface area (TPSA) is 75.4 Å². The molecule has 2 N–H and O–H groups in total. The number of nitrogens with zero attached hydrogens (tertiary/aromatic N) is 1. The van der Waals surface area contributed by atoms with Crippen molar-refractivity contribution in [1.29, 1.82) is 0 Å². The minimum Gasteiger partial charge on any atom is -0.392 e. The zero-order valence-electron chi connectivity index (χ0n) is 11.3. The number of nitro groups is 1. The van der Waals surface area contributed by atoms with Gasteiger partial charge in [-0.3, -0.25) is 10.1 Å². The summed E-state index contributed by atoms with van der Waals surface area (Å²) in [5.41, 5.74) is 2.05. The van der Waals surface area contributed by atoms with E-state index >= 15 is 0 Å². The van der Waals surface area contributed by atoms with Crippen molar-refractivity contribution in [1.82, 2.24) is 5.32 Å². The molecule has 0 spiro atoms. The monoisotopic (exact) mass is 290 g/mol. The Hall–Kier alpha value is -2.31. The molecule has 0 fully saturated rings. The van der Waals surface area contributed by atoms with Gasteiger partial charge in [0.15, 0.2) is 0 Å². The molecule has 0 bridgehead atoms. The molecule has 0 aliphatic heterocycles. The molecule has 0 radical (unpaired) electrons. The van der Waals surface area contributed by atoms with Crippen LogP contribution in [0, 0.1) is 15.9 Å². The van der Waals surface area contributed by atoms with Gasteiger partial charge >= 0.3 is 0 Å². The van der Waals surface area contributed by atoms with E-state index in [1.54, 1.807) is 0 Å². The van der Waals surface area contributed by atoms with E-state index in [-0.39, 0.29) is 12.3 Å². The summed E-state index contributed by atoms with van der Waals surface area (Å²) in [5.74, 6) is -0.622. The third-order valence-corrected chi connectivity index (χ3v) is 2.99. The minimum absolute atomic E-state index is 0.0239. The SMILES string of the molecule is O=[N+]([O-])c1cc(F)cc(CNCc2cccc(CO)c2)c1. The van der Waals surface area contributed by atoms with Crippen molar-refractivity contribution in [3.05, 3.63) is 75.1 Å². The lowest BCUT2D eigenvalue weighted by atomic mass is 10.1. The molecule has 0 aromatic heterocycles. The average Bonchev–Trinajstić information content (AvgIpc) is 2.47. The second kappa shape index (κ2) is 6.92. The lowest BCUT2D eigenvalue weighted by Crippen LogP contribution is -2.13. The summed E-state index contributed by atoms with van der Waals surface area (Å²) in [7, 11) is 0. The van der Waals surface area contributed by atoms with Gasteiger partial charge in [0.25, 0.3) is 5.69 Å². The van der Waals surface area contributed by atoms with Gasteiger partial charge in [-0.15, -0.1) is 0 Å². The van der Waals surface area contributed by atoms with Crippen LogP contribution < -0.4 is 5.32 Å². The van der Waals surface area contributed by atoms with Crippen LogP contribution in [0.3, 0.4) is 0 Å². The quantitative estimate of drug-likeness (QED) is 0.633. The Morgan fingerprint density at radius 3 is 2.52 bits per heavy atom. The molecule has 2 aromatic carbocycles. The van der Waals surface area contributed by atoms with Crippen LogP contribution in [-0.2, 0) is 19.7 Å². The van der Waals surface area contributed by atoms with E-state index in [1.165, 1.54) is 12.1 Å². The Kier molecular flexibility index (Phi) is 4.97. The Morgan fingerprint density at radius 2 is 1.81 bits per heavy atom. The zero-order valence-corrected chi connectivity index (χ0v) is 11.3. The molecule has 0 unspecified atom stereocenters. The van der Waals surface area contributed by atoms with Gasteiger partial charge < -0.3 is 10.4 Å². The van der Waals surface area contributed by atoms with Gasteiger partial charge in [-0.1, -0.05) is 24.3 Å². The number of aliphatic hydroxyl groups is 1. The highest BCUT2D eigenvalue weighted by molar-refractivity contribution is 5.35. The molecule has 6 heteroatoms. The highest BCUT2D eigenvalue weighted by Gasteiger charge is 2.09. The van der Waals surface area contributed by atoms with Gasteiger partial charge in [-0.2, -0.15) is 0 Å². The average molecular weight is 290 g/mol. The fourth-order valence-electron chi connectivity index (χ4n) is 2.03. The molecule has 0 saturated heterocycles. The van der Waals surface area contributed by atoms with Gasteiger partial charge in [0.2, 0.25) is 0 Å². The zero-order chi connectivity index (χ0) is 15.2. The Labute approximate surface area is 121 Å². The number of hydrogen-bond acceptors (Lipinski definition) is 4. The molecule has 0 heterocycles. The third kappa shape index (κ3) is 4.34. The van der Waals surface area contributed by atoms with Crippen molar-refractivity contribution >= 4 is 5.69 Å². The summed E-state index contributed by atoms with van der Waals surface area (Å²) in [4.78, 5) is 10.1. The molecular formula is C15H15FN2O3. The summed E-state index contributed by atoms with van der Waals surface area (Å²) in [5, 5.41) is 22.8. The maximum Gasteiger partial charge on any atom is 0.272 e. The summed E-state index contributed by atoms with van der Waals surface area (Å²) in [6, 6.07) is 10.9. The van der Waals surface area contributed by atoms with Crippen LogP contribution in [0.1, 0.15) is 16.7 Å². The van der Waals surface area contributed by atoms with Crippen LogP contribution in [0.5, 0.6) is 0 Å². The molecule has 110 valence electrons. The number of halogens is 1. The van der Waals surface area contributed by atoms with Gasteiger partial charge in [-0.25, -0.2) is 4.39 Å². The van der Waals surface area contributed by atoms with E-state index in [2.05, 4.69) is 5.32 Å². The van der Waals surface area contributed by atoms with E-state index in [0.717, 1.165) is 17.2 Å². The second-order valence-corrected chi connectivity index (χ2v) is 4.66. The first-order chi connectivity index (χ1) is 10.1. The van der Waals surface area contributed by atoms with Crippen molar-refractivity contribution in [2.24, 2.45) is 0 Å². The van der Waals surface area contributed by atoms with Crippen LogP contribution in [0.25, 0.3) is 0 Å². The Bertz CT molecular complexity index is 647. The number of rotatable bonds is 6. The van der Waals surface area contributed by atoms with E-state index in [9.17, 15) is 14.5 Å². The van der Waals surface area contributed by atoms with E-state index < -0.39 is 10.7 Å². The van der Waals surface area contributed by atoms with Gasteiger partial charge in [-0.05, 0) is 22.8 Å². The molecule has 0 atom stereocenters. The van der Waals surface area contributed by atoms with Crippen LogP contribution in [0.4, 0.5) is 10.1 Å². The standard InChI is InChI=1S/C15H15FN2O3/c16-14-5-13(6-15(7-14)18(20)21)9-17-8-11-2-1-3-12(4-11)10-19/h1-7,17,19H,8-10H2. The van der Waals surface area contributed by atoms with Crippen LogP contribution in [0.2, 0.25) is 0 Å². The van der Waals surface area contributed by atoms with E-state index in [0.29, 0.717) is 18.7 Å². The summed E-state index contributed by atoms with van der Waals surface area (Å²) >= 11 is 0.